The molecule has 2 nitrogen and oxygen atoms in total. The van der Waals surface area contributed by atoms with Gasteiger partial charge >= 0.3 is 0 Å². The summed E-state index contributed by atoms with van der Waals surface area (Å²) in [5.74, 6) is 0.969. The summed E-state index contributed by atoms with van der Waals surface area (Å²) in [4.78, 5) is 5.44. The van der Waals surface area contributed by atoms with E-state index in [1.54, 1.807) is 7.11 Å². The Morgan fingerprint density at radius 1 is 0.926 bits per heavy atom. The molecule has 1 aliphatic rings. The third-order valence-corrected chi connectivity index (χ3v) is 6.98. The van der Waals surface area contributed by atoms with Crippen molar-refractivity contribution >= 4 is 11.3 Å². The fraction of sp³-hybridized carbons (Fsp3) is 0.333. The predicted octanol–water partition coefficient (Wildman–Crippen LogP) is 5.89. The maximum Gasteiger partial charge on any atom is 0.119 e. The first-order valence-electron chi connectivity index (χ1n) is 9.70. The Labute approximate surface area is 166 Å². The topological polar surface area (TPSA) is 12.5 Å². The van der Waals surface area contributed by atoms with Gasteiger partial charge in [-0.25, -0.2) is 0 Å². The van der Waals surface area contributed by atoms with Gasteiger partial charge in [-0.15, -0.1) is 11.3 Å². The third-order valence-electron chi connectivity index (χ3n) is 5.67. The molecule has 3 aromatic rings. The second kappa shape index (κ2) is 7.87. The second-order valence-electron chi connectivity index (χ2n) is 7.41. The van der Waals surface area contributed by atoms with Gasteiger partial charge < -0.3 is 4.74 Å². The Kier molecular flexibility index (Phi) is 5.33. The lowest BCUT2D eigenvalue weighted by molar-refractivity contribution is 0.224. The molecule has 0 saturated heterocycles. The summed E-state index contributed by atoms with van der Waals surface area (Å²) < 4.78 is 5.40. The number of methoxy groups -OCH3 is 1. The lowest BCUT2D eigenvalue weighted by Gasteiger charge is -2.26. The smallest absolute Gasteiger partial charge is 0.119 e. The van der Waals surface area contributed by atoms with Gasteiger partial charge in [-0.2, -0.15) is 0 Å². The van der Waals surface area contributed by atoms with Crippen molar-refractivity contribution < 1.29 is 4.74 Å². The fourth-order valence-electron chi connectivity index (χ4n) is 3.86. The molecule has 140 valence electrons. The zero-order chi connectivity index (χ0) is 18.8. The first kappa shape index (κ1) is 18.3. The van der Waals surface area contributed by atoms with Crippen LogP contribution in [0.2, 0.25) is 0 Å². The van der Waals surface area contributed by atoms with Gasteiger partial charge in [-0.05, 0) is 67.6 Å². The average molecular weight is 378 g/mol. The monoisotopic (exact) mass is 377 g/mol. The number of aryl methyl sites for hydroxylation is 1. The Bertz CT molecular complexity index is 912. The molecule has 3 heteroatoms. The first-order valence-corrected chi connectivity index (χ1v) is 10.5. The number of nitrogens with zero attached hydrogens (tertiary/aromatic N) is 1. The van der Waals surface area contributed by atoms with Gasteiger partial charge in [0.25, 0.3) is 0 Å². The minimum absolute atomic E-state index is 0.449. The molecule has 0 bridgehead atoms. The molecule has 2 heterocycles. The van der Waals surface area contributed by atoms with E-state index in [0.29, 0.717) is 6.04 Å². The van der Waals surface area contributed by atoms with Crippen LogP contribution in [0.3, 0.4) is 0 Å². The first-order chi connectivity index (χ1) is 13.1. The van der Waals surface area contributed by atoms with Crippen LogP contribution in [-0.4, -0.2) is 25.1 Å². The maximum atomic E-state index is 5.40. The Balaban J connectivity index is 1.49. The van der Waals surface area contributed by atoms with Crippen molar-refractivity contribution in [3.63, 3.8) is 0 Å². The van der Waals surface area contributed by atoms with Crippen LogP contribution in [0, 0.1) is 6.92 Å². The van der Waals surface area contributed by atoms with Gasteiger partial charge in [0.15, 0.2) is 0 Å². The van der Waals surface area contributed by atoms with Crippen LogP contribution in [-0.2, 0) is 12.8 Å². The van der Waals surface area contributed by atoms with Crippen molar-refractivity contribution in [3.8, 4) is 16.2 Å². The summed E-state index contributed by atoms with van der Waals surface area (Å²) in [6, 6.07) is 20.4. The van der Waals surface area contributed by atoms with Crippen LogP contribution in [0.4, 0.5) is 0 Å². The van der Waals surface area contributed by atoms with E-state index in [4.69, 9.17) is 4.74 Å². The molecule has 0 radical (unpaired) electrons. The van der Waals surface area contributed by atoms with Crippen LogP contribution < -0.4 is 4.74 Å². The summed E-state index contributed by atoms with van der Waals surface area (Å²) in [6.45, 7) is 6.69. The van der Waals surface area contributed by atoms with Crippen molar-refractivity contribution in [3.05, 3.63) is 76.2 Å². The molecule has 0 spiro atoms. The van der Waals surface area contributed by atoms with E-state index in [1.165, 1.54) is 32.0 Å². The largest absolute Gasteiger partial charge is 0.497 e. The van der Waals surface area contributed by atoms with Crippen LogP contribution >= 0.6 is 11.3 Å². The van der Waals surface area contributed by atoms with Gasteiger partial charge in [0.2, 0.25) is 0 Å². The number of ether oxygens (including phenoxy) is 1. The quantitative estimate of drug-likeness (QED) is 0.562. The van der Waals surface area contributed by atoms with Gasteiger partial charge in [0.05, 0.1) is 7.11 Å². The van der Waals surface area contributed by atoms with Crippen molar-refractivity contribution in [1.82, 2.24) is 4.90 Å². The van der Waals surface area contributed by atoms with Crippen molar-refractivity contribution in [2.45, 2.75) is 32.7 Å². The molecular formula is C24H27NOS. The van der Waals surface area contributed by atoms with Gasteiger partial charge in [-0.1, -0.05) is 35.9 Å². The standard InChI is InChI=1S/C24H27NOS/c1-17-4-6-20(7-5-17)24-11-10-23(27-24)18(2)25-14-12-19-8-9-22(26-3)16-21(19)13-15-25/h4-11,16,18H,12-15H2,1-3H3. The molecule has 0 saturated carbocycles. The number of hydrogen-bond acceptors (Lipinski definition) is 3. The van der Waals surface area contributed by atoms with Gasteiger partial charge in [-0.3, -0.25) is 4.90 Å². The molecule has 2 aromatic carbocycles. The molecule has 1 aromatic heterocycles. The van der Waals surface area contributed by atoms with E-state index in [-0.39, 0.29) is 0 Å². The lowest BCUT2D eigenvalue weighted by Crippen LogP contribution is -2.29. The molecule has 27 heavy (non-hydrogen) atoms. The highest BCUT2D eigenvalue weighted by Gasteiger charge is 2.21. The molecule has 4 rings (SSSR count). The van der Waals surface area contributed by atoms with Crippen LogP contribution in [0.5, 0.6) is 5.75 Å². The highest BCUT2D eigenvalue weighted by Crippen LogP contribution is 2.34. The zero-order valence-electron chi connectivity index (χ0n) is 16.4. The molecule has 0 fully saturated rings. The highest BCUT2D eigenvalue weighted by molar-refractivity contribution is 7.15. The molecule has 1 aliphatic heterocycles. The fourth-order valence-corrected chi connectivity index (χ4v) is 4.96. The summed E-state index contributed by atoms with van der Waals surface area (Å²) in [7, 11) is 1.75. The van der Waals surface area contributed by atoms with Crippen molar-refractivity contribution in [2.24, 2.45) is 0 Å². The van der Waals surface area contributed by atoms with E-state index in [1.807, 2.05) is 11.3 Å². The van der Waals surface area contributed by atoms with Crippen LogP contribution in [0.25, 0.3) is 10.4 Å². The highest BCUT2D eigenvalue weighted by atomic mass is 32.1. The van der Waals surface area contributed by atoms with Crippen LogP contribution in [0.15, 0.2) is 54.6 Å². The minimum Gasteiger partial charge on any atom is -0.497 e. The molecular weight excluding hydrogens is 350 g/mol. The zero-order valence-corrected chi connectivity index (χ0v) is 17.2. The van der Waals surface area contributed by atoms with E-state index < -0.39 is 0 Å². The summed E-state index contributed by atoms with van der Waals surface area (Å²) in [5, 5.41) is 0. The summed E-state index contributed by atoms with van der Waals surface area (Å²) in [5.41, 5.74) is 5.54. The van der Waals surface area contributed by atoms with E-state index in [9.17, 15) is 0 Å². The number of benzene rings is 2. The number of rotatable bonds is 4. The van der Waals surface area contributed by atoms with Crippen molar-refractivity contribution in [2.75, 3.05) is 20.2 Å². The molecule has 0 N–H and O–H groups in total. The third kappa shape index (κ3) is 3.95. The lowest BCUT2D eigenvalue weighted by atomic mass is 10.0. The second-order valence-corrected chi connectivity index (χ2v) is 8.53. The van der Waals surface area contributed by atoms with Crippen LogP contribution in [0.1, 0.15) is 34.5 Å². The van der Waals surface area contributed by atoms with E-state index in [2.05, 4.69) is 73.3 Å². The number of hydrogen-bond donors (Lipinski definition) is 0. The minimum atomic E-state index is 0.449. The maximum absolute atomic E-state index is 5.40. The van der Waals surface area contributed by atoms with E-state index >= 15 is 0 Å². The average Bonchev–Trinajstić information content (AvgIpc) is 3.09. The predicted molar refractivity (Wildman–Crippen MR) is 115 cm³/mol. The Hall–Kier alpha value is -2.10. The Morgan fingerprint density at radius 2 is 1.67 bits per heavy atom. The van der Waals surface area contributed by atoms with E-state index in [0.717, 1.165) is 31.7 Å². The molecule has 0 aliphatic carbocycles. The summed E-state index contributed by atoms with van der Waals surface area (Å²) in [6.07, 6.45) is 2.20. The SMILES string of the molecule is COc1ccc2c(c1)CCN(C(C)c1ccc(-c3ccc(C)cc3)s1)CC2. The number of fused-ring (bicyclic) bond motifs is 1. The van der Waals surface area contributed by atoms with Crippen molar-refractivity contribution in [1.29, 1.82) is 0 Å². The summed E-state index contributed by atoms with van der Waals surface area (Å²) >= 11 is 1.93. The number of thiophene rings is 1. The normalized spacial score (nSPS) is 15.8. The molecule has 0 amide bonds. The molecule has 1 unspecified atom stereocenters. The Morgan fingerprint density at radius 3 is 2.41 bits per heavy atom. The van der Waals surface area contributed by atoms with Gasteiger partial charge in [0, 0.05) is 28.9 Å². The molecule has 1 atom stereocenters. The van der Waals surface area contributed by atoms with Gasteiger partial charge in [0.1, 0.15) is 5.75 Å².